The van der Waals surface area contributed by atoms with E-state index in [-0.39, 0.29) is 0 Å². The molecule has 0 saturated carbocycles. The fourth-order valence-electron chi connectivity index (χ4n) is 9.21. The molecular weight excluding hydrogens is 781 g/mol. The molecule has 2 aromatic heterocycles. The van der Waals surface area contributed by atoms with Gasteiger partial charge in [-0.3, -0.25) is 0 Å². The highest BCUT2D eigenvalue weighted by molar-refractivity contribution is 6.16. The van der Waals surface area contributed by atoms with Crippen molar-refractivity contribution in [3.8, 4) is 33.4 Å². The van der Waals surface area contributed by atoms with E-state index in [9.17, 15) is 0 Å². The van der Waals surface area contributed by atoms with E-state index in [1.807, 2.05) is 18.2 Å². The minimum Gasteiger partial charge on any atom is -0.456 e. The Hall–Kier alpha value is -8.60. The van der Waals surface area contributed by atoms with Gasteiger partial charge in [0.2, 0.25) is 0 Å². The Morgan fingerprint density at radius 3 is 1.34 bits per heavy atom. The van der Waals surface area contributed by atoms with Crippen molar-refractivity contribution in [3.05, 3.63) is 243 Å². The minimum absolute atomic E-state index is 0.779. The minimum atomic E-state index is 0.779. The number of benzene rings is 10. The molecule has 302 valence electrons. The van der Waals surface area contributed by atoms with Crippen LogP contribution in [0.15, 0.2) is 251 Å². The van der Waals surface area contributed by atoms with Crippen LogP contribution in [0.3, 0.4) is 0 Å². The quantitative estimate of drug-likeness (QED) is 0.145. The molecule has 0 amide bonds. The zero-order valence-corrected chi connectivity index (χ0v) is 34.8. The van der Waals surface area contributed by atoms with Gasteiger partial charge < -0.3 is 18.6 Å². The van der Waals surface area contributed by atoms with E-state index in [2.05, 4.69) is 234 Å². The molecule has 4 nitrogen and oxygen atoms in total. The molecule has 0 atom stereocenters. The molecule has 0 fully saturated rings. The standard InChI is InChI=1S/C60H40N2O2/c1-4-16-41(17-5-1)44-30-34-47(35-31-44)61(48-36-32-45(33-37-48)42-18-6-2-7-19-42)55-39-50(40-58-59(55)53-25-11-13-29-57(53)63-58)62(49-23-14-22-46(38-49)43-20-8-3-9-21-43)54-27-15-26-52-51-24-10-12-28-56(51)64-60(52)54/h1-40H. The third kappa shape index (κ3) is 6.57. The van der Waals surface area contributed by atoms with E-state index in [0.29, 0.717) is 0 Å². The SMILES string of the molecule is c1ccc(-c2ccc(N(c3ccc(-c4ccccc4)cc3)c3cc(N(c4cccc(-c5ccccc5)c4)c4cccc5c4oc4ccccc45)cc4oc5ccccc5c34)cc2)cc1. The molecule has 0 aliphatic carbocycles. The molecule has 2 heterocycles. The van der Waals surface area contributed by atoms with E-state index in [1.165, 1.54) is 11.1 Å². The van der Waals surface area contributed by atoms with E-state index >= 15 is 0 Å². The van der Waals surface area contributed by atoms with Crippen molar-refractivity contribution in [2.75, 3.05) is 9.80 Å². The van der Waals surface area contributed by atoms with Crippen LogP contribution in [0.25, 0.3) is 77.3 Å². The van der Waals surface area contributed by atoms with E-state index in [0.717, 1.165) is 100 Å². The molecular formula is C60H40N2O2. The van der Waals surface area contributed by atoms with E-state index in [1.54, 1.807) is 0 Å². The lowest BCUT2D eigenvalue weighted by atomic mass is 10.0. The Kier molecular flexibility index (Phi) is 9.12. The number of anilines is 6. The Labute approximate surface area is 371 Å². The van der Waals surface area contributed by atoms with Crippen LogP contribution in [-0.4, -0.2) is 0 Å². The maximum atomic E-state index is 6.88. The highest BCUT2D eigenvalue weighted by atomic mass is 16.3. The van der Waals surface area contributed by atoms with Gasteiger partial charge in [0.05, 0.1) is 22.4 Å². The van der Waals surface area contributed by atoms with Crippen molar-refractivity contribution in [2.45, 2.75) is 0 Å². The van der Waals surface area contributed by atoms with Gasteiger partial charge in [0, 0.05) is 39.3 Å². The summed E-state index contributed by atoms with van der Waals surface area (Å²) in [6.07, 6.45) is 0. The zero-order valence-electron chi connectivity index (χ0n) is 34.8. The molecule has 0 N–H and O–H groups in total. The molecule has 12 rings (SSSR count). The molecule has 4 heteroatoms. The van der Waals surface area contributed by atoms with E-state index in [4.69, 9.17) is 8.83 Å². The number of para-hydroxylation sites is 3. The van der Waals surface area contributed by atoms with Gasteiger partial charge >= 0.3 is 0 Å². The molecule has 0 spiro atoms. The number of rotatable bonds is 9. The predicted octanol–water partition coefficient (Wildman–Crippen LogP) is 17.4. The first kappa shape index (κ1) is 37.2. The van der Waals surface area contributed by atoms with E-state index < -0.39 is 0 Å². The average molecular weight is 821 g/mol. The fraction of sp³-hybridized carbons (Fsp3) is 0. The Morgan fingerprint density at radius 1 is 0.250 bits per heavy atom. The summed E-state index contributed by atoms with van der Waals surface area (Å²) < 4.78 is 13.7. The van der Waals surface area contributed by atoms with Crippen LogP contribution in [0.1, 0.15) is 0 Å². The molecule has 10 aromatic carbocycles. The van der Waals surface area contributed by atoms with Gasteiger partial charge in [0.25, 0.3) is 0 Å². The van der Waals surface area contributed by atoms with Crippen LogP contribution < -0.4 is 9.80 Å². The Bertz CT molecular complexity index is 3510. The summed E-state index contributed by atoms with van der Waals surface area (Å²) in [7, 11) is 0. The van der Waals surface area contributed by atoms with Crippen molar-refractivity contribution in [3.63, 3.8) is 0 Å². The monoisotopic (exact) mass is 820 g/mol. The second-order valence-electron chi connectivity index (χ2n) is 16.1. The topological polar surface area (TPSA) is 32.8 Å². The summed E-state index contributed by atoms with van der Waals surface area (Å²) in [5.41, 5.74) is 16.0. The summed E-state index contributed by atoms with van der Waals surface area (Å²) in [5.74, 6) is 0. The number of nitrogens with zero attached hydrogens (tertiary/aromatic N) is 2. The molecule has 0 bridgehead atoms. The van der Waals surface area contributed by atoms with Crippen LogP contribution in [0.4, 0.5) is 34.1 Å². The van der Waals surface area contributed by atoms with Crippen molar-refractivity contribution in [2.24, 2.45) is 0 Å². The fourth-order valence-corrected chi connectivity index (χ4v) is 9.21. The summed E-state index contributed by atoms with van der Waals surface area (Å²) >= 11 is 0. The summed E-state index contributed by atoms with van der Waals surface area (Å²) in [4.78, 5) is 4.69. The summed E-state index contributed by atoms with van der Waals surface area (Å²) in [6, 6.07) is 85.7. The summed E-state index contributed by atoms with van der Waals surface area (Å²) in [6.45, 7) is 0. The predicted molar refractivity (Wildman–Crippen MR) is 267 cm³/mol. The van der Waals surface area contributed by atoms with Crippen molar-refractivity contribution in [1.82, 2.24) is 0 Å². The lowest BCUT2D eigenvalue weighted by Gasteiger charge is -2.30. The average Bonchev–Trinajstić information content (AvgIpc) is 3.95. The van der Waals surface area contributed by atoms with Gasteiger partial charge in [-0.05, 0) is 94.0 Å². The second kappa shape index (κ2) is 15.7. The normalized spacial score (nSPS) is 11.4. The molecule has 0 aliphatic heterocycles. The van der Waals surface area contributed by atoms with Gasteiger partial charge in [-0.25, -0.2) is 0 Å². The molecule has 64 heavy (non-hydrogen) atoms. The van der Waals surface area contributed by atoms with Gasteiger partial charge in [0.15, 0.2) is 5.58 Å². The first-order chi connectivity index (χ1) is 31.7. The van der Waals surface area contributed by atoms with Gasteiger partial charge in [-0.1, -0.05) is 176 Å². The van der Waals surface area contributed by atoms with Gasteiger partial charge in [-0.15, -0.1) is 0 Å². The maximum Gasteiger partial charge on any atom is 0.159 e. The first-order valence-corrected chi connectivity index (χ1v) is 21.7. The zero-order chi connectivity index (χ0) is 42.4. The third-order valence-electron chi connectivity index (χ3n) is 12.2. The van der Waals surface area contributed by atoms with Crippen LogP contribution >= 0.6 is 0 Å². The van der Waals surface area contributed by atoms with Crippen LogP contribution in [0.5, 0.6) is 0 Å². The lowest BCUT2D eigenvalue weighted by Crippen LogP contribution is -2.14. The smallest absolute Gasteiger partial charge is 0.159 e. The van der Waals surface area contributed by atoms with Crippen molar-refractivity contribution in [1.29, 1.82) is 0 Å². The van der Waals surface area contributed by atoms with Crippen molar-refractivity contribution < 1.29 is 8.83 Å². The molecule has 12 aromatic rings. The van der Waals surface area contributed by atoms with Crippen molar-refractivity contribution >= 4 is 78.0 Å². The van der Waals surface area contributed by atoms with Crippen LogP contribution in [-0.2, 0) is 0 Å². The molecule has 0 saturated heterocycles. The second-order valence-corrected chi connectivity index (χ2v) is 16.1. The van der Waals surface area contributed by atoms with Crippen LogP contribution in [0, 0.1) is 0 Å². The molecule has 0 aliphatic rings. The number of furan rings is 2. The lowest BCUT2D eigenvalue weighted by molar-refractivity contribution is 0.667. The maximum absolute atomic E-state index is 6.88. The largest absolute Gasteiger partial charge is 0.456 e. The molecule has 0 unspecified atom stereocenters. The number of hydrogen-bond acceptors (Lipinski definition) is 4. The summed E-state index contributed by atoms with van der Waals surface area (Å²) in [5, 5.41) is 4.21. The Morgan fingerprint density at radius 2 is 0.719 bits per heavy atom. The number of fused-ring (bicyclic) bond motifs is 6. The van der Waals surface area contributed by atoms with Crippen LogP contribution in [0.2, 0.25) is 0 Å². The molecule has 0 radical (unpaired) electrons. The third-order valence-corrected chi connectivity index (χ3v) is 12.2. The Balaban J connectivity index is 1.13. The van der Waals surface area contributed by atoms with Gasteiger partial charge in [-0.2, -0.15) is 0 Å². The number of hydrogen-bond donors (Lipinski definition) is 0. The van der Waals surface area contributed by atoms with Gasteiger partial charge in [0.1, 0.15) is 16.7 Å². The first-order valence-electron chi connectivity index (χ1n) is 21.7. The highest BCUT2D eigenvalue weighted by Crippen LogP contribution is 2.49. The highest BCUT2D eigenvalue weighted by Gasteiger charge is 2.26.